The zero-order valence-electron chi connectivity index (χ0n) is 10.8. The van der Waals surface area contributed by atoms with E-state index in [4.69, 9.17) is 0 Å². The molecule has 18 heavy (non-hydrogen) atoms. The molecule has 0 bridgehead atoms. The van der Waals surface area contributed by atoms with E-state index in [0.29, 0.717) is 5.56 Å². The Morgan fingerprint density at radius 3 is 2.11 bits per heavy atom. The summed E-state index contributed by atoms with van der Waals surface area (Å²) in [6.07, 6.45) is 0.726. The molecular formula is C16H16O2. The van der Waals surface area contributed by atoms with Crippen molar-refractivity contribution in [3.8, 4) is 16.9 Å². The highest BCUT2D eigenvalue weighted by Crippen LogP contribution is 2.36. The standard InChI is InChI=1S/C16H16O2/c1-10-11(2)16(18)14(9-17)12(3)15(10)13-7-5-4-6-8-13/h4-9,18H,1-3H3. The second kappa shape index (κ2) is 4.65. The Balaban J connectivity index is 2.84. The van der Waals surface area contributed by atoms with Crippen LogP contribution in [0.25, 0.3) is 11.1 Å². The van der Waals surface area contributed by atoms with Gasteiger partial charge in [0, 0.05) is 0 Å². The topological polar surface area (TPSA) is 37.3 Å². The maximum atomic E-state index is 11.1. The van der Waals surface area contributed by atoms with Crippen LogP contribution < -0.4 is 0 Å². The van der Waals surface area contributed by atoms with E-state index >= 15 is 0 Å². The average Bonchev–Trinajstić information content (AvgIpc) is 2.38. The third-order valence-electron chi connectivity index (χ3n) is 3.51. The van der Waals surface area contributed by atoms with Crippen LogP contribution in [0.2, 0.25) is 0 Å². The molecule has 0 aliphatic carbocycles. The van der Waals surface area contributed by atoms with Crippen LogP contribution in [-0.4, -0.2) is 11.4 Å². The summed E-state index contributed by atoms with van der Waals surface area (Å²) in [5.41, 5.74) is 5.10. The number of aldehydes is 1. The molecule has 0 aliphatic heterocycles. The predicted molar refractivity (Wildman–Crippen MR) is 73.1 cm³/mol. The molecule has 0 fully saturated rings. The number of carbonyl (C=O) groups excluding carboxylic acids is 1. The lowest BCUT2D eigenvalue weighted by Crippen LogP contribution is -1.98. The molecule has 1 N–H and O–H groups in total. The van der Waals surface area contributed by atoms with Gasteiger partial charge in [-0.15, -0.1) is 0 Å². The molecule has 2 rings (SSSR count). The zero-order chi connectivity index (χ0) is 13.3. The van der Waals surface area contributed by atoms with E-state index in [1.807, 2.05) is 51.1 Å². The highest BCUT2D eigenvalue weighted by atomic mass is 16.3. The lowest BCUT2D eigenvalue weighted by atomic mass is 9.89. The third kappa shape index (κ3) is 1.80. The number of rotatable bonds is 2. The van der Waals surface area contributed by atoms with Crippen molar-refractivity contribution in [3.05, 3.63) is 52.6 Å². The van der Waals surface area contributed by atoms with E-state index in [1.54, 1.807) is 0 Å². The molecule has 2 aromatic rings. The summed E-state index contributed by atoms with van der Waals surface area (Å²) in [4.78, 5) is 11.1. The summed E-state index contributed by atoms with van der Waals surface area (Å²) < 4.78 is 0. The highest BCUT2D eigenvalue weighted by molar-refractivity contribution is 5.89. The number of aromatic hydroxyl groups is 1. The molecule has 0 aromatic heterocycles. The number of phenolic OH excluding ortho intramolecular Hbond substituents is 1. The van der Waals surface area contributed by atoms with E-state index < -0.39 is 0 Å². The highest BCUT2D eigenvalue weighted by Gasteiger charge is 2.17. The first-order valence-corrected chi connectivity index (χ1v) is 5.91. The third-order valence-corrected chi connectivity index (χ3v) is 3.51. The van der Waals surface area contributed by atoms with Gasteiger partial charge < -0.3 is 5.11 Å². The monoisotopic (exact) mass is 240 g/mol. The Labute approximate surface area is 107 Å². The second-order valence-corrected chi connectivity index (χ2v) is 4.50. The molecule has 92 valence electrons. The van der Waals surface area contributed by atoms with Crippen molar-refractivity contribution in [1.29, 1.82) is 0 Å². The van der Waals surface area contributed by atoms with Gasteiger partial charge in [-0.25, -0.2) is 0 Å². The van der Waals surface area contributed by atoms with E-state index in [1.165, 1.54) is 0 Å². The summed E-state index contributed by atoms with van der Waals surface area (Å²) in [6.45, 7) is 5.68. The summed E-state index contributed by atoms with van der Waals surface area (Å²) in [5.74, 6) is 0.0969. The molecule has 0 radical (unpaired) electrons. The van der Waals surface area contributed by atoms with Gasteiger partial charge in [-0.05, 0) is 48.6 Å². The second-order valence-electron chi connectivity index (χ2n) is 4.50. The fraction of sp³-hybridized carbons (Fsp3) is 0.188. The molecule has 2 nitrogen and oxygen atoms in total. The average molecular weight is 240 g/mol. The quantitative estimate of drug-likeness (QED) is 0.811. The number of benzene rings is 2. The lowest BCUT2D eigenvalue weighted by Gasteiger charge is -2.16. The Morgan fingerprint density at radius 1 is 0.944 bits per heavy atom. The van der Waals surface area contributed by atoms with Gasteiger partial charge in [-0.1, -0.05) is 30.3 Å². The molecule has 0 aliphatic rings. The largest absolute Gasteiger partial charge is 0.507 e. The van der Waals surface area contributed by atoms with Gasteiger partial charge >= 0.3 is 0 Å². The van der Waals surface area contributed by atoms with Crippen molar-refractivity contribution in [1.82, 2.24) is 0 Å². The van der Waals surface area contributed by atoms with Gasteiger partial charge in [-0.3, -0.25) is 4.79 Å². The van der Waals surface area contributed by atoms with Crippen molar-refractivity contribution in [3.63, 3.8) is 0 Å². The Kier molecular flexibility index (Phi) is 3.19. The van der Waals surface area contributed by atoms with Crippen LogP contribution in [0.4, 0.5) is 0 Å². The molecule has 2 heteroatoms. The van der Waals surface area contributed by atoms with Gasteiger partial charge in [0.2, 0.25) is 0 Å². The minimum Gasteiger partial charge on any atom is -0.507 e. The minimum absolute atomic E-state index is 0.0969. The molecule has 0 spiro atoms. The summed E-state index contributed by atoms with van der Waals surface area (Å²) in [5, 5.41) is 10.00. The van der Waals surface area contributed by atoms with Crippen LogP contribution in [0.15, 0.2) is 30.3 Å². The summed E-state index contributed by atoms with van der Waals surface area (Å²) in [7, 11) is 0. The van der Waals surface area contributed by atoms with Gasteiger partial charge in [0.25, 0.3) is 0 Å². The maximum absolute atomic E-state index is 11.1. The van der Waals surface area contributed by atoms with Crippen LogP contribution in [0.5, 0.6) is 5.75 Å². The minimum atomic E-state index is 0.0969. The van der Waals surface area contributed by atoms with Crippen molar-refractivity contribution in [2.24, 2.45) is 0 Å². The molecule has 0 heterocycles. The van der Waals surface area contributed by atoms with Crippen LogP contribution >= 0.6 is 0 Å². The number of phenols is 1. The molecule has 2 aromatic carbocycles. The van der Waals surface area contributed by atoms with Crippen LogP contribution in [-0.2, 0) is 0 Å². The Bertz CT molecular complexity index is 598. The molecule has 0 unspecified atom stereocenters. The SMILES string of the molecule is Cc1c(C)c(-c2ccccc2)c(C)c(C=O)c1O. The smallest absolute Gasteiger partial charge is 0.154 e. The first-order valence-electron chi connectivity index (χ1n) is 5.91. The van der Waals surface area contributed by atoms with Gasteiger partial charge in [0.05, 0.1) is 5.56 Å². The number of hydrogen-bond acceptors (Lipinski definition) is 2. The van der Waals surface area contributed by atoms with Crippen LogP contribution in [0, 0.1) is 20.8 Å². The first kappa shape index (κ1) is 12.4. The van der Waals surface area contributed by atoms with Gasteiger partial charge in [0.1, 0.15) is 5.75 Å². The van der Waals surface area contributed by atoms with Crippen molar-refractivity contribution in [2.45, 2.75) is 20.8 Å². The van der Waals surface area contributed by atoms with Gasteiger partial charge in [-0.2, -0.15) is 0 Å². The number of hydrogen-bond donors (Lipinski definition) is 1. The molecule has 0 saturated heterocycles. The van der Waals surface area contributed by atoms with E-state index in [-0.39, 0.29) is 5.75 Å². The van der Waals surface area contributed by atoms with Crippen LogP contribution in [0.1, 0.15) is 27.0 Å². The molecular weight excluding hydrogens is 224 g/mol. The first-order chi connectivity index (χ1) is 8.57. The van der Waals surface area contributed by atoms with Crippen molar-refractivity contribution < 1.29 is 9.90 Å². The normalized spacial score (nSPS) is 10.4. The van der Waals surface area contributed by atoms with E-state index in [0.717, 1.165) is 34.1 Å². The van der Waals surface area contributed by atoms with Crippen LogP contribution in [0.3, 0.4) is 0 Å². The number of carbonyl (C=O) groups is 1. The summed E-state index contributed by atoms with van der Waals surface area (Å²) >= 11 is 0. The predicted octanol–water partition coefficient (Wildman–Crippen LogP) is 3.80. The van der Waals surface area contributed by atoms with E-state index in [9.17, 15) is 9.90 Å². The fourth-order valence-corrected chi connectivity index (χ4v) is 2.34. The zero-order valence-corrected chi connectivity index (χ0v) is 10.8. The van der Waals surface area contributed by atoms with E-state index in [2.05, 4.69) is 0 Å². The lowest BCUT2D eigenvalue weighted by molar-refractivity contribution is 0.112. The fourth-order valence-electron chi connectivity index (χ4n) is 2.34. The summed E-state index contributed by atoms with van der Waals surface area (Å²) in [6, 6.07) is 9.93. The molecule has 0 atom stereocenters. The Hall–Kier alpha value is -2.09. The van der Waals surface area contributed by atoms with Crippen molar-refractivity contribution in [2.75, 3.05) is 0 Å². The van der Waals surface area contributed by atoms with Crippen molar-refractivity contribution >= 4 is 6.29 Å². The van der Waals surface area contributed by atoms with Gasteiger partial charge in [0.15, 0.2) is 6.29 Å². The molecule has 0 saturated carbocycles. The Morgan fingerprint density at radius 2 is 1.56 bits per heavy atom. The molecule has 0 amide bonds. The maximum Gasteiger partial charge on any atom is 0.154 e.